The highest BCUT2D eigenvalue weighted by molar-refractivity contribution is 7.17. The monoisotopic (exact) mass is 508 g/mol. The molecule has 1 amide bonds. The Morgan fingerprint density at radius 3 is 2.25 bits per heavy atom. The topological polar surface area (TPSA) is 96.8 Å². The van der Waals surface area contributed by atoms with Crippen LogP contribution in [0.2, 0.25) is 0 Å². The molecule has 1 aliphatic rings. The van der Waals surface area contributed by atoms with Crippen LogP contribution in [0, 0.1) is 12.7 Å². The molecule has 0 bridgehead atoms. The van der Waals surface area contributed by atoms with Crippen LogP contribution >= 0.6 is 11.3 Å². The van der Waals surface area contributed by atoms with Crippen LogP contribution < -0.4 is 4.90 Å². The van der Waals surface area contributed by atoms with Crippen LogP contribution in [0.1, 0.15) is 58.9 Å². The van der Waals surface area contributed by atoms with Crippen LogP contribution in [0.3, 0.4) is 0 Å². The van der Waals surface area contributed by atoms with Gasteiger partial charge in [-0.2, -0.15) is 0 Å². The Bertz CT molecular complexity index is 1390. The number of aliphatic hydroxyl groups excluding tert-OH is 1. The Balaban J connectivity index is 1.93. The van der Waals surface area contributed by atoms with Gasteiger partial charge in [-0.05, 0) is 47.7 Å². The SMILES string of the molecule is COC(=O)c1sc(N2C(=O)C(=O)/C(=C(/O)c3ccc(F)cc3)C2c2ccc(C(C)(C)C)cc2)nc1C. The summed E-state index contributed by atoms with van der Waals surface area (Å²) in [7, 11) is 1.24. The van der Waals surface area contributed by atoms with E-state index in [2.05, 4.69) is 25.8 Å². The Labute approximate surface area is 211 Å². The second-order valence-electron chi connectivity index (χ2n) is 9.45. The summed E-state index contributed by atoms with van der Waals surface area (Å²) in [6.07, 6.45) is 0. The van der Waals surface area contributed by atoms with Crippen molar-refractivity contribution < 1.29 is 28.6 Å². The second-order valence-corrected chi connectivity index (χ2v) is 10.4. The predicted molar refractivity (Wildman–Crippen MR) is 135 cm³/mol. The lowest BCUT2D eigenvalue weighted by molar-refractivity contribution is -0.132. The number of amides is 1. The fraction of sp³-hybridized carbons (Fsp3) is 0.259. The van der Waals surface area contributed by atoms with E-state index < -0.39 is 35.3 Å². The molecule has 1 aromatic heterocycles. The van der Waals surface area contributed by atoms with Gasteiger partial charge in [0.1, 0.15) is 16.5 Å². The molecule has 4 rings (SSSR count). The van der Waals surface area contributed by atoms with Crippen LogP contribution in [0.5, 0.6) is 0 Å². The lowest BCUT2D eigenvalue weighted by Gasteiger charge is -2.24. The standard InChI is InChI=1S/C27H25FN2O5S/c1-14-23(25(34)35-5)36-26(29-14)30-20(15-6-10-17(11-7-15)27(2,3)4)19(22(32)24(30)33)21(31)16-8-12-18(28)13-9-16/h6-13,20,31H,1-5H3/b21-19+. The summed E-state index contributed by atoms with van der Waals surface area (Å²) in [6.45, 7) is 7.80. The fourth-order valence-electron chi connectivity index (χ4n) is 4.04. The maximum absolute atomic E-state index is 13.5. The van der Waals surface area contributed by atoms with Crippen LogP contribution in [0.15, 0.2) is 54.1 Å². The van der Waals surface area contributed by atoms with E-state index in [1.54, 1.807) is 19.1 Å². The molecule has 0 aliphatic carbocycles. The molecule has 1 N–H and O–H groups in total. The molecule has 1 fully saturated rings. The van der Waals surface area contributed by atoms with E-state index in [0.29, 0.717) is 11.3 Å². The lowest BCUT2D eigenvalue weighted by Crippen LogP contribution is -2.29. The molecule has 1 saturated heterocycles. The second kappa shape index (κ2) is 9.31. The molecule has 0 radical (unpaired) electrons. The van der Waals surface area contributed by atoms with Crippen LogP contribution in [0.4, 0.5) is 9.52 Å². The summed E-state index contributed by atoms with van der Waals surface area (Å²) in [6, 6.07) is 11.4. The van der Waals surface area contributed by atoms with Gasteiger partial charge in [-0.3, -0.25) is 14.5 Å². The van der Waals surface area contributed by atoms with Crippen LogP contribution in [-0.2, 0) is 19.7 Å². The number of nitrogens with zero attached hydrogens (tertiary/aromatic N) is 2. The Hall–Kier alpha value is -3.85. The number of carbonyl (C=O) groups is 3. The number of esters is 1. The van der Waals surface area contributed by atoms with Crippen molar-refractivity contribution in [2.45, 2.75) is 39.2 Å². The summed E-state index contributed by atoms with van der Waals surface area (Å²) in [5.41, 5.74) is 1.87. The maximum Gasteiger partial charge on any atom is 0.350 e. The third-order valence-electron chi connectivity index (χ3n) is 6.02. The number of carbonyl (C=O) groups excluding carboxylic acids is 3. The number of thiazole rings is 1. The van der Waals surface area contributed by atoms with Gasteiger partial charge >= 0.3 is 11.9 Å². The third-order valence-corrected chi connectivity index (χ3v) is 7.15. The summed E-state index contributed by atoms with van der Waals surface area (Å²) in [5, 5.41) is 11.3. The van der Waals surface area contributed by atoms with Gasteiger partial charge in [-0.1, -0.05) is 56.4 Å². The smallest absolute Gasteiger partial charge is 0.350 e. The first-order valence-corrected chi connectivity index (χ1v) is 12.0. The molecule has 2 heterocycles. The first kappa shape index (κ1) is 25.2. The van der Waals surface area contributed by atoms with E-state index in [1.807, 2.05) is 12.1 Å². The number of aliphatic hydroxyl groups is 1. The summed E-state index contributed by atoms with van der Waals surface area (Å²) >= 11 is 0.926. The third kappa shape index (κ3) is 4.42. The van der Waals surface area contributed by atoms with E-state index in [0.717, 1.165) is 29.0 Å². The van der Waals surface area contributed by atoms with Crippen molar-refractivity contribution >= 4 is 39.9 Å². The zero-order chi connectivity index (χ0) is 26.4. The number of methoxy groups -OCH3 is 1. The van der Waals surface area contributed by atoms with Crippen molar-refractivity contribution in [1.82, 2.24) is 4.98 Å². The molecule has 1 atom stereocenters. The van der Waals surface area contributed by atoms with Gasteiger partial charge < -0.3 is 9.84 Å². The van der Waals surface area contributed by atoms with Crippen molar-refractivity contribution in [2.75, 3.05) is 12.0 Å². The molecule has 7 nitrogen and oxygen atoms in total. The molecule has 2 aromatic carbocycles. The molecule has 1 unspecified atom stereocenters. The number of halogens is 1. The summed E-state index contributed by atoms with van der Waals surface area (Å²) in [4.78, 5) is 44.5. The van der Waals surface area contributed by atoms with Gasteiger partial charge in [-0.25, -0.2) is 14.2 Å². The predicted octanol–water partition coefficient (Wildman–Crippen LogP) is 5.30. The normalized spacial score (nSPS) is 17.5. The number of rotatable bonds is 4. The molecule has 9 heteroatoms. The van der Waals surface area contributed by atoms with Crippen molar-refractivity contribution in [3.63, 3.8) is 0 Å². The maximum atomic E-state index is 13.5. The van der Waals surface area contributed by atoms with Gasteiger partial charge in [0.15, 0.2) is 5.13 Å². The fourth-order valence-corrected chi connectivity index (χ4v) is 5.05. The molecular weight excluding hydrogens is 483 g/mol. The molecule has 36 heavy (non-hydrogen) atoms. The van der Waals surface area contributed by atoms with Crippen molar-refractivity contribution in [3.8, 4) is 0 Å². The largest absolute Gasteiger partial charge is 0.507 e. The number of aromatic nitrogens is 1. The van der Waals surface area contributed by atoms with Gasteiger partial charge in [0.25, 0.3) is 5.78 Å². The highest BCUT2D eigenvalue weighted by atomic mass is 32.1. The average molecular weight is 509 g/mol. The molecule has 186 valence electrons. The van der Waals surface area contributed by atoms with E-state index in [9.17, 15) is 23.9 Å². The highest BCUT2D eigenvalue weighted by Crippen LogP contribution is 2.44. The zero-order valence-electron chi connectivity index (χ0n) is 20.5. The molecule has 1 aliphatic heterocycles. The Morgan fingerprint density at radius 1 is 1.08 bits per heavy atom. The van der Waals surface area contributed by atoms with Gasteiger partial charge in [0.05, 0.1) is 24.4 Å². The lowest BCUT2D eigenvalue weighted by atomic mass is 9.85. The quantitative estimate of drug-likeness (QED) is 0.222. The minimum Gasteiger partial charge on any atom is -0.507 e. The minimum atomic E-state index is -1.01. The summed E-state index contributed by atoms with van der Waals surface area (Å²) < 4.78 is 18.3. The van der Waals surface area contributed by atoms with E-state index >= 15 is 0 Å². The van der Waals surface area contributed by atoms with Gasteiger partial charge in [0, 0.05) is 5.56 Å². The van der Waals surface area contributed by atoms with E-state index in [4.69, 9.17) is 4.74 Å². The molecule has 0 spiro atoms. The number of ether oxygens (including phenoxy) is 1. The van der Waals surface area contributed by atoms with Gasteiger partial charge in [0.2, 0.25) is 0 Å². The van der Waals surface area contributed by atoms with Crippen LogP contribution in [0.25, 0.3) is 5.76 Å². The molecule has 3 aromatic rings. The van der Waals surface area contributed by atoms with Crippen molar-refractivity contribution in [3.05, 3.63) is 87.2 Å². The summed E-state index contributed by atoms with van der Waals surface area (Å²) in [5.74, 6) is -3.34. The first-order chi connectivity index (χ1) is 16.9. The average Bonchev–Trinajstić information content (AvgIpc) is 3.35. The number of Topliss-reactive ketones (excluding diaryl/α,β-unsaturated/α-hetero) is 1. The number of hydrogen-bond donors (Lipinski definition) is 1. The number of benzene rings is 2. The van der Waals surface area contributed by atoms with E-state index in [-0.39, 0.29) is 26.6 Å². The molecule has 0 saturated carbocycles. The minimum absolute atomic E-state index is 0.123. The highest BCUT2D eigenvalue weighted by Gasteiger charge is 2.48. The zero-order valence-corrected chi connectivity index (χ0v) is 21.3. The number of ketones is 1. The van der Waals surface area contributed by atoms with Crippen molar-refractivity contribution in [2.24, 2.45) is 0 Å². The van der Waals surface area contributed by atoms with Crippen LogP contribution in [-0.4, -0.2) is 34.9 Å². The first-order valence-electron chi connectivity index (χ1n) is 11.2. The van der Waals surface area contributed by atoms with E-state index in [1.165, 1.54) is 24.1 Å². The van der Waals surface area contributed by atoms with Gasteiger partial charge in [-0.15, -0.1) is 0 Å². The van der Waals surface area contributed by atoms with Crippen molar-refractivity contribution in [1.29, 1.82) is 0 Å². The number of aryl methyl sites for hydroxylation is 1. The number of anilines is 1. The Morgan fingerprint density at radius 2 is 1.69 bits per heavy atom. The molecular formula is C27H25FN2O5S. The number of hydrogen-bond acceptors (Lipinski definition) is 7. The Kier molecular flexibility index (Phi) is 6.53.